The van der Waals surface area contributed by atoms with Crippen LogP contribution in [-0.4, -0.2) is 19.3 Å². The average Bonchev–Trinajstić information content (AvgIpc) is 3.16. The number of nitrogens with zero attached hydrogens (tertiary/aromatic N) is 1. The lowest BCUT2D eigenvalue weighted by atomic mass is 10.2. The monoisotopic (exact) mass is 465 g/mol. The number of carbonyl (C=O) groups excluding carboxylic acids is 1. The van der Waals surface area contributed by atoms with Gasteiger partial charge in [0, 0.05) is 24.2 Å². The van der Waals surface area contributed by atoms with E-state index >= 15 is 0 Å². The smallest absolute Gasteiger partial charge is 0.262 e. The lowest BCUT2D eigenvalue weighted by molar-refractivity contribution is -0.116. The molecule has 0 unspecified atom stereocenters. The van der Waals surface area contributed by atoms with E-state index in [1.165, 1.54) is 6.07 Å². The van der Waals surface area contributed by atoms with E-state index in [0.29, 0.717) is 23.4 Å². The highest BCUT2D eigenvalue weighted by Crippen LogP contribution is 2.25. The van der Waals surface area contributed by atoms with Crippen LogP contribution in [0.3, 0.4) is 0 Å². The summed E-state index contributed by atoms with van der Waals surface area (Å²) in [6, 6.07) is 19.9. The summed E-state index contributed by atoms with van der Waals surface area (Å²) < 4.78 is 29.6. The maximum absolute atomic E-state index is 12.9. The van der Waals surface area contributed by atoms with Crippen LogP contribution in [0.15, 0.2) is 71.6 Å². The van der Waals surface area contributed by atoms with Crippen molar-refractivity contribution in [3.05, 3.63) is 82.9 Å². The van der Waals surface area contributed by atoms with Crippen LogP contribution in [0, 0.1) is 13.8 Å². The summed E-state index contributed by atoms with van der Waals surface area (Å²) in [6.45, 7) is 3.62. The second-order valence-corrected chi connectivity index (χ2v) is 10.3. The number of aromatic nitrogens is 1. The lowest BCUT2D eigenvalue weighted by Gasteiger charge is -2.13. The highest BCUT2D eigenvalue weighted by Gasteiger charge is 2.18. The van der Waals surface area contributed by atoms with Crippen molar-refractivity contribution in [3.63, 3.8) is 0 Å². The number of sulfonamides is 1. The van der Waals surface area contributed by atoms with E-state index < -0.39 is 10.0 Å². The van der Waals surface area contributed by atoms with Crippen LogP contribution < -0.4 is 10.0 Å². The molecular formula is C24H23N3O3S2. The quantitative estimate of drug-likeness (QED) is 0.388. The Balaban J connectivity index is 1.45. The van der Waals surface area contributed by atoms with Crippen LogP contribution in [0.2, 0.25) is 0 Å². The normalized spacial score (nSPS) is 11.4. The van der Waals surface area contributed by atoms with E-state index in [9.17, 15) is 13.2 Å². The zero-order valence-electron chi connectivity index (χ0n) is 17.8. The molecule has 164 valence electrons. The van der Waals surface area contributed by atoms with Crippen LogP contribution in [0.25, 0.3) is 10.2 Å². The number of anilines is 2. The molecule has 0 spiro atoms. The van der Waals surface area contributed by atoms with Crippen molar-refractivity contribution in [2.24, 2.45) is 0 Å². The molecule has 0 atom stereocenters. The summed E-state index contributed by atoms with van der Waals surface area (Å²) in [4.78, 5) is 17.2. The van der Waals surface area contributed by atoms with Gasteiger partial charge in [0.25, 0.3) is 10.0 Å². The molecule has 0 saturated heterocycles. The summed E-state index contributed by atoms with van der Waals surface area (Å²) >= 11 is 1.58. The second-order valence-electron chi connectivity index (χ2n) is 7.58. The van der Waals surface area contributed by atoms with E-state index in [0.717, 1.165) is 20.8 Å². The van der Waals surface area contributed by atoms with Gasteiger partial charge in [-0.05, 0) is 61.4 Å². The molecule has 1 aromatic heterocycles. The third kappa shape index (κ3) is 5.15. The molecule has 4 aromatic rings. The number of hydrogen-bond donors (Lipinski definition) is 2. The molecule has 8 heteroatoms. The molecule has 3 aromatic carbocycles. The number of benzene rings is 3. The Morgan fingerprint density at radius 1 is 0.969 bits per heavy atom. The van der Waals surface area contributed by atoms with E-state index in [1.54, 1.807) is 48.6 Å². The third-order valence-electron chi connectivity index (χ3n) is 4.94. The number of amides is 1. The summed E-state index contributed by atoms with van der Waals surface area (Å²) in [5.74, 6) is -0.192. The minimum atomic E-state index is -3.80. The molecule has 0 aliphatic rings. The lowest BCUT2D eigenvalue weighted by Crippen LogP contribution is -2.16. The number of aryl methyl sites for hydroxylation is 3. The van der Waals surface area contributed by atoms with Crippen molar-refractivity contribution in [2.75, 3.05) is 10.0 Å². The van der Waals surface area contributed by atoms with Crippen molar-refractivity contribution in [3.8, 4) is 0 Å². The fraction of sp³-hybridized carbons (Fsp3) is 0.167. The molecule has 0 saturated carbocycles. The van der Waals surface area contributed by atoms with Gasteiger partial charge >= 0.3 is 0 Å². The van der Waals surface area contributed by atoms with Crippen molar-refractivity contribution >= 4 is 48.9 Å². The van der Waals surface area contributed by atoms with Crippen LogP contribution in [0.1, 0.15) is 22.6 Å². The molecule has 1 amide bonds. The van der Waals surface area contributed by atoms with E-state index in [1.807, 2.05) is 37.3 Å². The minimum absolute atomic E-state index is 0.128. The SMILES string of the molecule is Cc1cccc(NS(=O)(=O)c2cc(NC(=O)CCc3nc4ccccc4s3)ccc2C)c1. The highest BCUT2D eigenvalue weighted by molar-refractivity contribution is 7.92. The first-order chi connectivity index (χ1) is 15.3. The van der Waals surface area contributed by atoms with Gasteiger partial charge in [0.2, 0.25) is 5.91 Å². The van der Waals surface area contributed by atoms with Crippen molar-refractivity contribution in [2.45, 2.75) is 31.6 Å². The van der Waals surface area contributed by atoms with Crippen LogP contribution in [0.4, 0.5) is 11.4 Å². The average molecular weight is 466 g/mol. The summed E-state index contributed by atoms with van der Waals surface area (Å²) in [7, 11) is -3.80. The molecule has 2 N–H and O–H groups in total. The van der Waals surface area contributed by atoms with Gasteiger partial charge in [0.15, 0.2) is 0 Å². The molecule has 1 heterocycles. The first-order valence-electron chi connectivity index (χ1n) is 10.1. The fourth-order valence-electron chi connectivity index (χ4n) is 3.36. The molecule has 32 heavy (non-hydrogen) atoms. The zero-order chi connectivity index (χ0) is 22.7. The number of para-hydroxylation sites is 1. The number of rotatable bonds is 7. The molecule has 0 bridgehead atoms. The number of carbonyl (C=O) groups is 1. The molecule has 6 nitrogen and oxygen atoms in total. The van der Waals surface area contributed by atoms with Crippen molar-refractivity contribution in [1.82, 2.24) is 4.98 Å². The number of thiazole rings is 1. The molecule has 4 rings (SSSR count). The summed E-state index contributed by atoms with van der Waals surface area (Å²) in [5, 5.41) is 3.70. The van der Waals surface area contributed by atoms with Gasteiger partial charge in [0.05, 0.1) is 20.1 Å². The maximum Gasteiger partial charge on any atom is 0.262 e. The van der Waals surface area contributed by atoms with Gasteiger partial charge < -0.3 is 5.32 Å². The predicted molar refractivity (Wildman–Crippen MR) is 130 cm³/mol. The number of nitrogens with one attached hydrogen (secondary N) is 2. The van der Waals surface area contributed by atoms with Gasteiger partial charge in [-0.15, -0.1) is 11.3 Å². The maximum atomic E-state index is 12.9. The van der Waals surface area contributed by atoms with Gasteiger partial charge in [-0.2, -0.15) is 0 Å². The Morgan fingerprint density at radius 3 is 2.56 bits per heavy atom. The standard InChI is InChI=1S/C24H23N3O3S2/c1-16-6-5-7-19(14-16)27-32(29,30)22-15-18(11-10-17(22)2)25-23(28)12-13-24-26-20-8-3-4-9-21(20)31-24/h3-11,14-15,27H,12-13H2,1-2H3,(H,25,28). The fourth-order valence-corrected chi connectivity index (χ4v) is 5.64. The molecule has 0 fully saturated rings. The number of hydrogen-bond acceptors (Lipinski definition) is 5. The van der Waals surface area contributed by atoms with Gasteiger partial charge in [-0.25, -0.2) is 13.4 Å². The minimum Gasteiger partial charge on any atom is -0.326 e. The number of fused-ring (bicyclic) bond motifs is 1. The Labute approximate surface area is 191 Å². The first-order valence-corrected chi connectivity index (χ1v) is 12.4. The first kappa shape index (κ1) is 22.0. The Hall–Kier alpha value is -3.23. The van der Waals surface area contributed by atoms with Gasteiger partial charge in [-0.3, -0.25) is 9.52 Å². The van der Waals surface area contributed by atoms with Gasteiger partial charge in [-0.1, -0.05) is 30.3 Å². The Kier molecular flexibility index (Phi) is 6.25. The van der Waals surface area contributed by atoms with Crippen LogP contribution in [-0.2, 0) is 21.2 Å². The topological polar surface area (TPSA) is 88.2 Å². The second kappa shape index (κ2) is 9.10. The van der Waals surface area contributed by atoms with Crippen LogP contribution >= 0.6 is 11.3 Å². The largest absolute Gasteiger partial charge is 0.326 e. The zero-order valence-corrected chi connectivity index (χ0v) is 19.4. The summed E-state index contributed by atoms with van der Waals surface area (Å²) in [6.07, 6.45) is 0.786. The molecule has 0 aliphatic heterocycles. The van der Waals surface area contributed by atoms with E-state index in [2.05, 4.69) is 15.0 Å². The predicted octanol–water partition coefficient (Wildman–Crippen LogP) is 5.29. The molecular weight excluding hydrogens is 442 g/mol. The Morgan fingerprint density at radius 2 is 1.78 bits per heavy atom. The molecule has 0 radical (unpaired) electrons. The molecule has 0 aliphatic carbocycles. The van der Waals surface area contributed by atoms with Crippen molar-refractivity contribution in [1.29, 1.82) is 0 Å². The highest BCUT2D eigenvalue weighted by atomic mass is 32.2. The Bertz CT molecular complexity index is 1360. The van der Waals surface area contributed by atoms with Crippen LogP contribution in [0.5, 0.6) is 0 Å². The third-order valence-corrected chi connectivity index (χ3v) is 7.56. The van der Waals surface area contributed by atoms with E-state index in [-0.39, 0.29) is 17.2 Å². The van der Waals surface area contributed by atoms with Crippen molar-refractivity contribution < 1.29 is 13.2 Å². The summed E-state index contributed by atoms with van der Waals surface area (Å²) in [5.41, 5.74) is 3.42. The van der Waals surface area contributed by atoms with Gasteiger partial charge in [0.1, 0.15) is 0 Å². The van der Waals surface area contributed by atoms with E-state index in [4.69, 9.17) is 0 Å².